The van der Waals surface area contributed by atoms with E-state index in [9.17, 15) is 4.79 Å². The van der Waals surface area contributed by atoms with Crippen LogP contribution in [0.25, 0.3) is 33.5 Å². The number of para-hydroxylation sites is 1. The molecule has 0 unspecified atom stereocenters. The summed E-state index contributed by atoms with van der Waals surface area (Å²) in [5.41, 5.74) is 2.01. The van der Waals surface area contributed by atoms with Crippen LogP contribution >= 0.6 is 11.3 Å². The Morgan fingerprint density at radius 3 is 3.00 bits per heavy atom. The van der Waals surface area contributed by atoms with Crippen LogP contribution in [0.15, 0.2) is 61.2 Å². The Kier molecular flexibility index (Phi) is 3.04. The highest BCUT2D eigenvalue weighted by atomic mass is 32.1. The van der Waals surface area contributed by atoms with E-state index in [-0.39, 0.29) is 17.7 Å². The number of nitrogens with zero attached hydrogens (tertiary/aromatic N) is 4. The van der Waals surface area contributed by atoms with Gasteiger partial charge in [0.25, 0.3) is 11.4 Å². The fourth-order valence-corrected chi connectivity index (χ4v) is 3.33. The molecule has 0 aliphatic rings. The predicted octanol–water partition coefficient (Wildman–Crippen LogP) is 3.30. The van der Waals surface area contributed by atoms with Crippen LogP contribution in [0.2, 0.25) is 0 Å². The number of hydrogen-bond acceptors (Lipinski definition) is 7. The van der Waals surface area contributed by atoms with Crippen molar-refractivity contribution in [1.29, 1.82) is 0 Å². The summed E-state index contributed by atoms with van der Waals surface area (Å²) in [7, 11) is 0. The van der Waals surface area contributed by atoms with Crippen molar-refractivity contribution in [1.82, 2.24) is 19.7 Å². The Morgan fingerprint density at radius 1 is 1.20 bits per heavy atom. The van der Waals surface area contributed by atoms with Gasteiger partial charge in [0.15, 0.2) is 5.82 Å². The number of furan rings is 1. The Balaban J connectivity index is 1.56. The van der Waals surface area contributed by atoms with Crippen molar-refractivity contribution in [3.63, 3.8) is 0 Å². The molecule has 122 valence electrons. The van der Waals surface area contributed by atoms with Crippen molar-refractivity contribution in [2.75, 3.05) is 0 Å². The van der Waals surface area contributed by atoms with Crippen molar-refractivity contribution in [2.24, 2.45) is 0 Å². The lowest BCUT2D eigenvalue weighted by molar-refractivity contribution is 0.420. The first kappa shape index (κ1) is 14.1. The molecule has 25 heavy (non-hydrogen) atoms. The van der Waals surface area contributed by atoms with Crippen molar-refractivity contribution < 1.29 is 8.94 Å². The van der Waals surface area contributed by atoms with Gasteiger partial charge >= 0.3 is 0 Å². The lowest BCUT2D eigenvalue weighted by Crippen LogP contribution is -2.21. The highest BCUT2D eigenvalue weighted by Gasteiger charge is 2.15. The first-order valence-corrected chi connectivity index (χ1v) is 8.46. The van der Waals surface area contributed by atoms with Gasteiger partial charge in [-0.1, -0.05) is 17.3 Å². The second kappa shape index (κ2) is 5.38. The van der Waals surface area contributed by atoms with Crippen LogP contribution in [0.1, 0.15) is 5.82 Å². The molecule has 1 aromatic carbocycles. The van der Waals surface area contributed by atoms with E-state index in [1.165, 1.54) is 10.9 Å². The average molecular weight is 350 g/mol. The molecule has 0 N–H and O–H groups in total. The Morgan fingerprint density at radius 2 is 2.12 bits per heavy atom. The summed E-state index contributed by atoms with van der Waals surface area (Å²) in [6, 6.07) is 9.33. The molecule has 0 aliphatic carbocycles. The van der Waals surface area contributed by atoms with Gasteiger partial charge in [0, 0.05) is 10.8 Å². The van der Waals surface area contributed by atoms with Crippen molar-refractivity contribution in [3.05, 3.63) is 63.6 Å². The molecule has 5 aromatic rings. The molecule has 0 radical (unpaired) electrons. The van der Waals surface area contributed by atoms with E-state index >= 15 is 0 Å². The summed E-state index contributed by atoms with van der Waals surface area (Å²) in [4.78, 5) is 21.4. The zero-order valence-corrected chi connectivity index (χ0v) is 13.6. The molecule has 7 nitrogen and oxygen atoms in total. The quantitative estimate of drug-likeness (QED) is 0.496. The normalized spacial score (nSPS) is 11.5. The van der Waals surface area contributed by atoms with Crippen LogP contribution in [0.4, 0.5) is 0 Å². The topological polar surface area (TPSA) is 87.0 Å². The minimum Gasteiger partial charge on any atom is -0.448 e. The van der Waals surface area contributed by atoms with Crippen LogP contribution in [0.5, 0.6) is 0 Å². The van der Waals surface area contributed by atoms with Gasteiger partial charge in [-0.25, -0.2) is 4.98 Å². The second-order valence-electron chi connectivity index (χ2n) is 5.48. The van der Waals surface area contributed by atoms with Gasteiger partial charge in [0.05, 0.1) is 18.4 Å². The predicted molar refractivity (Wildman–Crippen MR) is 92.5 cm³/mol. The minimum atomic E-state index is -0.275. The molecule has 8 heteroatoms. The summed E-state index contributed by atoms with van der Waals surface area (Å²) in [5.74, 6) is 0.836. The fourth-order valence-electron chi connectivity index (χ4n) is 2.70. The summed E-state index contributed by atoms with van der Waals surface area (Å²) < 4.78 is 12.3. The molecule has 0 fully saturated rings. The number of hydrogen-bond donors (Lipinski definition) is 0. The molecular formula is C17H10N4O3S. The highest BCUT2D eigenvalue weighted by Crippen LogP contribution is 2.24. The Labute approximate surface area is 144 Å². The van der Waals surface area contributed by atoms with Gasteiger partial charge in [-0.05, 0) is 23.6 Å². The van der Waals surface area contributed by atoms with E-state index < -0.39 is 0 Å². The zero-order valence-electron chi connectivity index (χ0n) is 12.7. The molecule has 0 amide bonds. The maximum absolute atomic E-state index is 12.7. The smallest absolute Gasteiger partial charge is 0.297 e. The third-order valence-corrected chi connectivity index (χ3v) is 4.58. The molecule has 0 bridgehead atoms. The Bertz CT molecular complexity index is 1250. The number of aromatic nitrogens is 4. The number of fused-ring (bicyclic) bond motifs is 3. The van der Waals surface area contributed by atoms with Crippen molar-refractivity contribution >= 4 is 33.4 Å². The Hall–Kier alpha value is -3.26. The van der Waals surface area contributed by atoms with Crippen LogP contribution in [0.3, 0.4) is 0 Å². The maximum Gasteiger partial charge on any atom is 0.297 e. The average Bonchev–Trinajstić information content (AvgIpc) is 3.36. The zero-order chi connectivity index (χ0) is 16.8. The lowest BCUT2D eigenvalue weighted by atomic mass is 10.2. The standard InChI is InChI=1S/C17H10N4O3S/c22-17-15-14(11-3-1-2-4-12(11)23-15)18-9-21(17)7-13-19-16(24-20-13)10-5-6-25-8-10/h1-6,8-9H,7H2. The number of rotatable bonds is 3. The van der Waals surface area contributed by atoms with E-state index in [4.69, 9.17) is 8.94 Å². The molecule has 0 aliphatic heterocycles. The highest BCUT2D eigenvalue weighted by molar-refractivity contribution is 7.08. The molecule has 5 rings (SSSR count). The maximum atomic E-state index is 12.7. The first-order chi connectivity index (χ1) is 12.3. The van der Waals surface area contributed by atoms with Gasteiger partial charge in [-0.3, -0.25) is 9.36 Å². The third kappa shape index (κ3) is 2.26. The summed E-state index contributed by atoms with van der Waals surface area (Å²) in [6.07, 6.45) is 1.48. The van der Waals surface area contributed by atoms with Crippen molar-refractivity contribution in [2.45, 2.75) is 6.54 Å². The molecular weight excluding hydrogens is 340 g/mol. The van der Waals surface area contributed by atoms with E-state index in [0.29, 0.717) is 22.8 Å². The molecule has 0 spiro atoms. The first-order valence-electron chi connectivity index (χ1n) is 7.51. The molecule has 0 saturated heterocycles. The van der Waals surface area contributed by atoms with Gasteiger partial charge in [-0.15, -0.1) is 0 Å². The molecule has 0 atom stereocenters. The van der Waals surface area contributed by atoms with Gasteiger partial charge in [-0.2, -0.15) is 16.3 Å². The molecule has 4 aromatic heterocycles. The van der Waals surface area contributed by atoms with Crippen LogP contribution in [-0.4, -0.2) is 19.7 Å². The number of thiophene rings is 1. The number of benzene rings is 1. The summed E-state index contributed by atoms with van der Waals surface area (Å²) in [5, 5.41) is 8.61. The monoisotopic (exact) mass is 350 g/mol. The van der Waals surface area contributed by atoms with Gasteiger partial charge in [0.1, 0.15) is 11.1 Å². The van der Waals surface area contributed by atoms with Crippen LogP contribution in [0, 0.1) is 0 Å². The van der Waals surface area contributed by atoms with Crippen LogP contribution in [-0.2, 0) is 6.54 Å². The fraction of sp³-hybridized carbons (Fsp3) is 0.0588. The van der Waals surface area contributed by atoms with Gasteiger partial charge < -0.3 is 8.94 Å². The van der Waals surface area contributed by atoms with E-state index in [2.05, 4.69) is 15.1 Å². The second-order valence-corrected chi connectivity index (χ2v) is 6.26. The lowest BCUT2D eigenvalue weighted by Gasteiger charge is -2.00. The van der Waals surface area contributed by atoms with Crippen LogP contribution < -0.4 is 5.56 Å². The van der Waals surface area contributed by atoms with Gasteiger partial charge in [0.2, 0.25) is 5.58 Å². The molecule has 0 saturated carbocycles. The SMILES string of the molecule is O=c1c2oc3ccccc3c2ncn1Cc1noc(-c2ccsc2)n1. The summed E-state index contributed by atoms with van der Waals surface area (Å²) in [6.45, 7) is 0.159. The minimum absolute atomic E-state index is 0.159. The van der Waals surface area contributed by atoms with E-state index in [0.717, 1.165) is 10.9 Å². The van der Waals surface area contributed by atoms with E-state index in [1.807, 2.05) is 41.1 Å². The van der Waals surface area contributed by atoms with E-state index in [1.54, 1.807) is 11.3 Å². The molecule has 4 heterocycles. The third-order valence-electron chi connectivity index (χ3n) is 3.90. The van der Waals surface area contributed by atoms with Crippen molar-refractivity contribution in [3.8, 4) is 11.5 Å². The summed E-state index contributed by atoms with van der Waals surface area (Å²) >= 11 is 1.55. The largest absolute Gasteiger partial charge is 0.448 e.